The number of hydrogen-bond donors (Lipinski definition) is 0. The summed E-state index contributed by atoms with van der Waals surface area (Å²) in [6.07, 6.45) is 4.73. The van der Waals surface area contributed by atoms with Gasteiger partial charge in [-0.1, -0.05) is 19.8 Å². The summed E-state index contributed by atoms with van der Waals surface area (Å²) in [5.74, 6) is -0.404. The van der Waals surface area contributed by atoms with Gasteiger partial charge in [0, 0.05) is 13.2 Å². The van der Waals surface area contributed by atoms with Crippen LogP contribution in [0.3, 0.4) is 0 Å². The van der Waals surface area contributed by atoms with Crippen molar-refractivity contribution in [3.05, 3.63) is 18.0 Å². The molecule has 0 aliphatic rings. The first-order valence-corrected chi connectivity index (χ1v) is 5.26. The standard InChI is InChI=1S/C11H18N2O2/c1-4-5-6-9(11(14)15-3)10-7-8-13(2)12-10/h7-9H,4-6H2,1-3H3. The molecule has 4 heteroatoms. The van der Waals surface area contributed by atoms with Crippen LogP contribution in [0.25, 0.3) is 0 Å². The van der Waals surface area contributed by atoms with Crippen molar-refractivity contribution < 1.29 is 9.53 Å². The minimum atomic E-state index is -0.212. The van der Waals surface area contributed by atoms with Crippen LogP contribution in [0.4, 0.5) is 0 Å². The molecule has 1 atom stereocenters. The average Bonchev–Trinajstić information content (AvgIpc) is 2.65. The molecule has 0 spiro atoms. The van der Waals surface area contributed by atoms with Crippen molar-refractivity contribution in [2.24, 2.45) is 7.05 Å². The molecule has 0 aliphatic heterocycles. The molecule has 1 aromatic heterocycles. The molecule has 1 unspecified atom stereocenters. The summed E-state index contributed by atoms with van der Waals surface area (Å²) >= 11 is 0. The van der Waals surface area contributed by atoms with Gasteiger partial charge in [0.2, 0.25) is 0 Å². The summed E-state index contributed by atoms with van der Waals surface area (Å²) in [5, 5.41) is 4.25. The number of aryl methyl sites for hydroxylation is 1. The molecule has 0 radical (unpaired) electrons. The zero-order valence-corrected chi connectivity index (χ0v) is 9.56. The third kappa shape index (κ3) is 3.08. The van der Waals surface area contributed by atoms with Crippen molar-refractivity contribution >= 4 is 5.97 Å². The molecule has 0 bridgehead atoms. The van der Waals surface area contributed by atoms with E-state index >= 15 is 0 Å². The highest BCUT2D eigenvalue weighted by molar-refractivity contribution is 5.77. The van der Waals surface area contributed by atoms with Crippen LogP contribution >= 0.6 is 0 Å². The lowest BCUT2D eigenvalue weighted by atomic mass is 9.99. The van der Waals surface area contributed by atoms with Gasteiger partial charge in [-0.15, -0.1) is 0 Å². The number of carbonyl (C=O) groups excluding carboxylic acids is 1. The van der Waals surface area contributed by atoms with Gasteiger partial charge in [-0.3, -0.25) is 9.48 Å². The second-order valence-electron chi connectivity index (χ2n) is 3.63. The summed E-state index contributed by atoms with van der Waals surface area (Å²) in [7, 11) is 3.27. The lowest BCUT2D eigenvalue weighted by Crippen LogP contribution is -2.15. The van der Waals surface area contributed by atoms with E-state index in [-0.39, 0.29) is 11.9 Å². The Bertz CT molecular complexity index is 320. The largest absolute Gasteiger partial charge is 0.469 e. The molecular formula is C11H18N2O2. The van der Waals surface area contributed by atoms with Crippen molar-refractivity contribution in [2.45, 2.75) is 32.1 Å². The zero-order chi connectivity index (χ0) is 11.3. The van der Waals surface area contributed by atoms with Crippen LogP contribution in [0.2, 0.25) is 0 Å². The molecule has 1 heterocycles. The fourth-order valence-electron chi connectivity index (χ4n) is 1.56. The van der Waals surface area contributed by atoms with Crippen molar-refractivity contribution in [1.29, 1.82) is 0 Å². The molecule has 1 aromatic rings. The van der Waals surface area contributed by atoms with Crippen LogP contribution in [-0.2, 0) is 16.6 Å². The Kier molecular flexibility index (Phi) is 4.34. The Morgan fingerprint density at radius 2 is 2.40 bits per heavy atom. The molecule has 4 nitrogen and oxygen atoms in total. The molecule has 0 aromatic carbocycles. The summed E-state index contributed by atoms with van der Waals surface area (Å²) < 4.78 is 6.49. The van der Waals surface area contributed by atoms with E-state index in [1.165, 1.54) is 7.11 Å². The maximum absolute atomic E-state index is 11.6. The third-order valence-corrected chi connectivity index (χ3v) is 2.42. The SMILES string of the molecule is CCCCC(C(=O)OC)c1ccn(C)n1. The van der Waals surface area contributed by atoms with Crippen molar-refractivity contribution in [1.82, 2.24) is 9.78 Å². The van der Waals surface area contributed by atoms with Crippen LogP contribution in [0, 0.1) is 0 Å². The van der Waals surface area contributed by atoms with Gasteiger partial charge in [-0.2, -0.15) is 5.10 Å². The van der Waals surface area contributed by atoms with E-state index < -0.39 is 0 Å². The molecular weight excluding hydrogens is 192 g/mol. The van der Waals surface area contributed by atoms with Crippen molar-refractivity contribution in [2.75, 3.05) is 7.11 Å². The van der Waals surface area contributed by atoms with Crippen LogP contribution in [-0.4, -0.2) is 22.9 Å². The van der Waals surface area contributed by atoms with Crippen LogP contribution < -0.4 is 0 Å². The molecule has 0 N–H and O–H groups in total. The maximum atomic E-state index is 11.6. The number of carbonyl (C=O) groups is 1. The Hall–Kier alpha value is -1.32. The van der Waals surface area contributed by atoms with Gasteiger partial charge in [0.25, 0.3) is 0 Å². The number of ether oxygens (including phenoxy) is 1. The summed E-state index contributed by atoms with van der Waals surface area (Å²) in [5.41, 5.74) is 0.804. The molecule has 1 rings (SSSR count). The fraction of sp³-hybridized carbons (Fsp3) is 0.636. The number of methoxy groups -OCH3 is 1. The predicted molar refractivity (Wildman–Crippen MR) is 57.5 cm³/mol. The molecule has 15 heavy (non-hydrogen) atoms. The Balaban J connectivity index is 2.76. The minimum Gasteiger partial charge on any atom is -0.469 e. The zero-order valence-electron chi connectivity index (χ0n) is 9.56. The number of unbranched alkanes of at least 4 members (excludes halogenated alkanes) is 1. The predicted octanol–water partition coefficient (Wildman–Crippen LogP) is 1.87. The normalized spacial score (nSPS) is 12.5. The fourth-order valence-corrected chi connectivity index (χ4v) is 1.56. The van der Waals surface area contributed by atoms with Gasteiger partial charge < -0.3 is 4.74 Å². The first-order chi connectivity index (χ1) is 7.19. The average molecular weight is 210 g/mol. The van der Waals surface area contributed by atoms with E-state index in [1.54, 1.807) is 4.68 Å². The second kappa shape index (κ2) is 5.53. The number of aromatic nitrogens is 2. The van der Waals surface area contributed by atoms with Gasteiger partial charge >= 0.3 is 5.97 Å². The molecule has 0 saturated heterocycles. The smallest absolute Gasteiger partial charge is 0.314 e. The van der Waals surface area contributed by atoms with E-state index in [9.17, 15) is 4.79 Å². The molecule has 0 fully saturated rings. The Morgan fingerprint density at radius 3 is 2.87 bits per heavy atom. The van der Waals surface area contributed by atoms with E-state index in [4.69, 9.17) is 4.74 Å². The van der Waals surface area contributed by atoms with E-state index in [0.717, 1.165) is 25.0 Å². The van der Waals surface area contributed by atoms with Crippen LogP contribution in [0.1, 0.15) is 37.8 Å². The number of esters is 1. The molecule has 0 aliphatic carbocycles. The summed E-state index contributed by atoms with van der Waals surface area (Å²) in [6, 6.07) is 1.87. The van der Waals surface area contributed by atoms with Gasteiger partial charge in [-0.05, 0) is 12.5 Å². The van der Waals surface area contributed by atoms with Crippen molar-refractivity contribution in [3.63, 3.8) is 0 Å². The first-order valence-electron chi connectivity index (χ1n) is 5.26. The molecule has 0 saturated carbocycles. The van der Waals surface area contributed by atoms with E-state index in [2.05, 4.69) is 12.0 Å². The highest BCUT2D eigenvalue weighted by Crippen LogP contribution is 2.21. The third-order valence-electron chi connectivity index (χ3n) is 2.42. The van der Waals surface area contributed by atoms with E-state index in [0.29, 0.717) is 0 Å². The lowest BCUT2D eigenvalue weighted by Gasteiger charge is -2.11. The Morgan fingerprint density at radius 1 is 1.67 bits per heavy atom. The van der Waals surface area contributed by atoms with E-state index in [1.807, 2.05) is 19.3 Å². The monoisotopic (exact) mass is 210 g/mol. The highest BCUT2D eigenvalue weighted by atomic mass is 16.5. The minimum absolute atomic E-state index is 0.192. The van der Waals surface area contributed by atoms with Gasteiger partial charge in [0.05, 0.1) is 12.8 Å². The van der Waals surface area contributed by atoms with Gasteiger partial charge in [0.1, 0.15) is 5.92 Å². The maximum Gasteiger partial charge on any atom is 0.314 e. The van der Waals surface area contributed by atoms with Gasteiger partial charge in [0.15, 0.2) is 0 Å². The van der Waals surface area contributed by atoms with Crippen molar-refractivity contribution in [3.8, 4) is 0 Å². The number of rotatable bonds is 5. The topological polar surface area (TPSA) is 44.1 Å². The lowest BCUT2D eigenvalue weighted by molar-refractivity contribution is -0.142. The summed E-state index contributed by atoms with van der Waals surface area (Å²) in [4.78, 5) is 11.6. The summed E-state index contributed by atoms with van der Waals surface area (Å²) in [6.45, 7) is 2.10. The highest BCUT2D eigenvalue weighted by Gasteiger charge is 2.22. The Labute approximate surface area is 90.2 Å². The first kappa shape index (κ1) is 11.8. The second-order valence-corrected chi connectivity index (χ2v) is 3.63. The molecule has 84 valence electrons. The quantitative estimate of drug-likeness (QED) is 0.697. The number of nitrogens with zero attached hydrogens (tertiary/aromatic N) is 2. The van der Waals surface area contributed by atoms with Crippen LogP contribution in [0.5, 0.6) is 0 Å². The number of hydrogen-bond acceptors (Lipinski definition) is 3. The van der Waals surface area contributed by atoms with Crippen LogP contribution in [0.15, 0.2) is 12.3 Å². The molecule has 0 amide bonds. The van der Waals surface area contributed by atoms with Gasteiger partial charge in [-0.25, -0.2) is 0 Å².